The Morgan fingerprint density at radius 2 is 1.92 bits per heavy atom. The number of hydrogen-bond acceptors (Lipinski definition) is 1. The van der Waals surface area contributed by atoms with E-state index in [1.54, 1.807) is 6.26 Å². The first-order valence-corrected chi connectivity index (χ1v) is 6.02. The van der Waals surface area contributed by atoms with Gasteiger partial charge in [-0.15, -0.1) is 0 Å². The molecule has 13 heavy (non-hydrogen) atoms. The average Bonchev–Trinajstić information content (AvgIpc) is 2.04. The summed E-state index contributed by atoms with van der Waals surface area (Å²) in [4.78, 5) is 0.925. The summed E-state index contributed by atoms with van der Waals surface area (Å²) in [7, 11) is -0.864. The van der Waals surface area contributed by atoms with Crippen LogP contribution in [-0.4, -0.2) is 10.5 Å². The molecule has 1 atom stereocenters. The van der Waals surface area contributed by atoms with E-state index >= 15 is 0 Å². The minimum absolute atomic E-state index is 0.503. The van der Waals surface area contributed by atoms with E-state index in [-0.39, 0.29) is 0 Å². The summed E-state index contributed by atoms with van der Waals surface area (Å²) >= 11 is 0. The molecule has 0 heterocycles. The summed E-state index contributed by atoms with van der Waals surface area (Å²) in [5.74, 6) is 0.503. The van der Waals surface area contributed by atoms with Crippen LogP contribution >= 0.6 is 0 Å². The zero-order chi connectivity index (χ0) is 10.0. The lowest BCUT2D eigenvalue weighted by Crippen LogP contribution is -1.95. The van der Waals surface area contributed by atoms with Gasteiger partial charge in [-0.05, 0) is 36.1 Å². The molecule has 0 radical (unpaired) electrons. The van der Waals surface area contributed by atoms with Gasteiger partial charge in [0.05, 0.1) is 0 Å². The standard InChI is InChI=1S/C11H16OS/c1-8(2)11-7-10(13(4)12)6-5-9(11)3/h5-8H,1-4H3. The molecule has 0 bridgehead atoms. The molecule has 0 aliphatic rings. The van der Waals surface area contributed by atoms with Gasteiger partial charge in [0.15, 0.2) is 0 Å². The van der Waals surface area contributed by atoms with Crippen LogP contribution in [0, 0.1) is 6.92 Å². The molecule has 1 nitrogen and oxygen atoms in total. The Hall–Kier alpha value is -0.630. The second kappa shape index (κ2) is 4.05. The van der Waals surface area contributed by atoms with E-state index in [2.05, 4.69) is 26.8 Å². The van der Waals surface area contributed by atoms with Gasteiger partial charge in [-0.3, -0.25) is 4.21 Å². The molecule has 0 saturated carbocycles. The molecule has 0 aliphatic carbocycles. The van der Waals surface area contributed by atoms with Crippen LogP contribution in [0.2, 0.25) is 0 Å². The molecule has 0 saturated heterocycles. The lowest BCUT2D eigenvalue weighted by atomic mass is 9.98. The highest BCUT2D eigenvalue weighted by Crippen LogP contribution is 2.21. The number of rotatable bonds is 2. The Labute approximate surface area is 82.6 Å². The molecule has 0 fully saturated rings. The third kappa shape index (κ3) is 2.41. The van der Waals surface area contributed by atoms with Crippen molar-refractivity contribution in [3.05, 3.63) is 29.3 Å². The van der Waals surface area contributed by atoms with Crippen LogP contribution in [0.1, 0.15) is 30.9 Å². The minimum atomic E-state index is -0.864. The topological polar surface area (TPSA) is 17.1 Å². The maximum atomic E-state index is 11.2. The molecule has 0 aromatic heterocycles. The van der Waals surface area contributed by atoms with E-state index in [1.165, 1.54) is 11.1 Å². The third-order valence-electron chi connectivity index (χ3n) is 2.20. The Balaban J connectivity index is 3.19. The Morgan fingerprint density at radius 3 is 2.38 bits per heavy atom. The minimum Gasteiger partial charge on any atom is -0.255 e. The van der Waals surface area contributed by atoms with Crippen molar-refractivity contribution in [3.63, 3.8) is 0 Å². The summed E-state index contributed by atoms with van der Waals surface area (Å²) < 4.78 is 11.2. The molecule has 1 rings (SSSR count). The highest BCUT2D eigenvalue weighted by molar-refractivity contribution is 7.84. The van der Waals surface area contributed by atoms with E-state index < -0.39 is 10.8 Å². The van der Waals surface area contributed by atoms with E-state index in [0.717, 1.165) is 4.90 Å². The zero-order valence-electron chi connectivity index (χ0n) is 8.63. The largest absolute Gasteiger partial charge is 0.255 e. The fourth-order valence-electron chi connectivity index (χ4n) is 1.42. The van der Waals surface area contributed by atoms with Crippen molar-refractivity contribution in [1.29, 1.82) is 0 Å². The van der Waals surface area contributed by atoms with Gasteiger partial charge in [-0.1, -0.05) is 19.9 Å². The Morgan fingerprint density at radius 1 is 1.31 bits per heavy atom. The van der Waals surface area contributed by atoms with Gasteiger partial charge in [0, 0.05) is 22.0 Å². The molecule has 0 N–H and O–H groups in total. The van der Waals surface area contributed by atoms with Crippen molar-refractivity contribution >= 4 is 10.8 Å². The van der Waals surface area contributed by atoms with Crippen molar-refractivity contribution < 1.29 is 4.21 Å². The fraction of sp³-hybridized carbons (Fsp3) is 0.455. The molecule has 0 amide bonds. The van der Waals surface area contributed by atoms with E-state index in [4.69, 9.17) is 0 Å². The van der Waals surface area contributed by atoms with Crippen molar-refractivity contribution in [3.8, 4) is 0 Å². The van der Waals surface area contributed by atoms with Crippen LogP contribution in [0.25, 0.3) is 0 Å². The third-order valence-corrected chi connectivity index (χ3v) is 3.12. The molecule has 1 unspecified atom stereocenters. The number of hydrogen-bond donors (Lipinski definition) is 0. The lowest BCUT2D eigenvalue weighted by molar-refractivity contribution is 0.686. The maximum Gasteiger partial charge on any atom is 0.0498 e. The zero-order valence-corrected chi connectivity index (χ0v) is 9.44. The number of aryl methyl sites for hydroxylation is 1. The SMILES string of the molecule is Cc1ccc(S(C)=O)cc1C(C)C. The van der Waals surface area contributed by atoms with Gasteiger partial charge >= 0.3 is 0 Å². The van der Waals surface area contributed by atoms with Gasteiger partial charge in [-0.25, -0.2) is 0 Å². The van der Waals surface area contributed by atoms with Crippen molar-refractivity contribution in [2.45, 2.75) is 31.6 Å². The summed E-state index contributed by atoms with van der Waals surface area (Å²) in [5, 5.41) is 0. The monoisotopic (exact) mass is 196 g/mol. The fourth-order valence-corrected chi connectivity index (χ4v) is 1.97. The van der Waals surface area contributed by atoms with Crippen LogP contribution in [0.3, 0.4) is 0 Å². The normalized spacial score (nSPS) is 13.3. The smallest absolute Gasteiger partial charge is 0.0498 e. The van der Waals surface area contributed by atoms with Crippen LogP contribution in [0.4, 0.5) is 0 Å². The molecule has 1 aromatic carbocycles. The van der Waals surface area contributed by atoms with Gasteiger partial charge in [0.2, 0.25) is 0 Å². The maximum absolute atomic E-state index is 11.2. The summed E-state index contributed by atoms with van der Waals surface area (Å²) in [6.45, 7) is 6.41. The summed E-state index contributed by atoms with van der Waals surface area (Å²) in [6.07, 6.45) is 1.72. The highest BCUT2D eigenvalue weighted by atomic mass is 32.2. The molecule has 72 valence electrons. The summed E-state index contributed by atoms with van der Waals surface area (Å²) in [5.41, 5.74) is 2.58. The van der Waals surface area contributed by atoms with Crippen LogP contribution < -0.4 is 0 Å². The molecule has 2 heteroatoms. The average molecular weight is 196 g/mol. The lowest BCUT2D eigenvalue weighted by Gasteiger charge is -2.10. The summed E-state index contributed by atoms with van der Waals surface area (Å²) in [6, 6.07) is 6.04. The predicted octanol–water partition coefficient (Wildman–Crippen LogP) is 2.86. The Bertz CT molecular complexity index is 329. The first-order valence-electron chi connectivity index (χ1n) is 4.46. The van der Waals surface area contributed by atoms with Crippen LogP contribution in [0.5, 0.6) is 0 Å². The predicted molar refractivity (Wildman–Crippen MR) is 57.6 cm³/mol. The first kappa shape index (κ1) is 10.5. The van der Waals surface area contributed by atoms with Crippen molar-refractivity contribution in [1.82, 2.24) is 0 Å². The van der Waals surface area contributed by atoms with Gasteiger partial charge < -0.3 is 0 Å². The number of benzene rings is 1. The van der Waals surface area contributed by atoms with Gasteiger partial charge in [0.25, 0.3) is 0 Å². The van der Waals surface area contributed by atoms with Gasteiger partial charge in [0.1, 0.15) is 0 Å². The molecular weight excluding hydrogens is 180 g/mol. The quantitative estimate of drug-likeness (QED) is 0.711. The highest BCUT2D eigenvalue weighted by Gasteiger charge is 2.05. The molecule has 0 spiro atoms. The van der Waals surface area contributed by atoms with E-state index in [9.17, 15) is 4.21 Å². The first-order chi connectivity index (χ1) is 6.02. The van der Waals surface area contributed by atoms with Crippen molar-refractivity contribution in [2.24, 2.45) is 0 Å². The van der Waals surface area contributed by atoms with E-state index in [1.807, 2.05) is 12.1 Å². The Kier molecular flexibility index (Phi) is 3.26. The van der Waals surface area contributed by atoms with Crippen LogP contribution in [0.15, 0.2) is 23.1 Å². The van der Waals surface area contributed by atoms with Gasteiger partial charge in [-0.2, -0.15) is 0 Å². The molecule has 1 aromatic rings. The van der Waals surface area contributed by atoms with E-state index in [0.29, 0.717) is 5.92 Å². The van der Waals surface area contributed by atoms with Crippen molar-refractivity contribution in [2.75, 3.05) is 6.26 Å². The van der Waals surface area contributed by atoms with Crippen LogP contribution in [-0.2, 0) is 10.8 Å². The second-order valence-corrected chi connectivity index (χ2v) is 5.01. The molecule has 0 aliphatic heterocycles. The molecular formula is C11H16OS. The second-order valence-electron chi connectivity index (χ2n) is 3.63.